The first-order valence-electron chi connectivity index (χ1n) is 7.20. The van der Waals surface area contributed by atoms with E-state index in [-0.39, 0.29) is 17.8 Å². The number of benzene rings is 1. The summed E-state index contributed by atoms with van der Waals surface area (Å²) < 4.78 is 7.17. The van der Waals surface area contributed by atoms with E-state index in [4.69, 9.17) is 4.74 Å². The molecule has 1 aliphatic rings. The van der Waals surface area contributed by atoms with Crippen molar-refractivity contribution in [2.75, 3.05) is 13.1 Å². The predicted molar refractivity (Wildman–Crippen MR) is 91.2 cm³/mol. The number of nitrogens with one attached hydrogen (secondary N) is 1. The summed E-state index contributed by atoms with van der Waals surface area (Å²) in [6.07, 6.45) is 3.67. The summed E-state index contributed by atoms with van der Waals surface area (Å²) in [5, 5.41) is 3.36. The van der Waals surface area contributed by atoms with Crippen molar-refractivity contribution in [3.63, 3.8) is 0 Å². The molecule has 4 heteroatoms. The number of hydrogen-bond donors (Lipinski definition) is 1. The fourth-order valence-electron chi connectivity index (χ4n) is 2.31. The van der Waals surface area contributed by atoms with Crippen molar-refractivity contribution in [3.8, 4) is 5.75 Å². The van der Waals surface area contributed by atoms with Crippen LogP contribution in [0.2, 0.25) is 0 Å². The zero-order valence-electron chi connectivity index (χ0n) is 12.5. The maximum atomic E-state index is 6.10. The highest BCUT2D eigenvalue weighted by molar-refractivity contribution is 9.10. The molecule has 1 fully saturated rings. The minimum absolute atomic E-state index is 0. The van der Waals surface area contributed by atoms with E-state index in [0.29, 0.717) is 6.10 Å². The van der Waals surface area contributed by atoms with E-state index < -0.39 is 0 Å². The first kappa shape index (κ1) is 17.8. The molecule has 0 saturated carbocycles. The standard InChI is InChI=1S/C16H24BrNO.ClH/c1-4-16(2,3)12-5-6-15(14(17)11-12)19-13-7-9-18-10-8-13;/h5-6,11,13,18H,4,7-10H2,1-3H3;1H. The van der Waals surface area contributed by atoms with E-state index >= 15 is 0 Å². The molecule has 0 radical (unpaired) electrons. The molecule has 0 amide bonds. The van der Waals surface area contributed by atoms with Crippen molar-refractivity contribution >= 4 is 28.3 Å². The summed E-state index contributed by atoms with van der Waals surface area (Å²) in [5.74, 6) is 0.975. The Kier molecular flexibility index (Phi) is 6.83. The lowest BCUT2D eigenvalue weighted by atomic mass is 9.82. The molecule has 1 heterocycles. The Morgan fingerprint density at radius 3 is 2.50 bits per heavy atom. The quantitative estimate of drug-likeness (QED) is 0.839. The molecule has 0 aliphatic carbocycles. The molecule has 0 unspecified atom stereocenters. The van der Waals surface area contributed by atoms with Crippen LogP contribution < -0.4 is 10.1 Å². The maximum Gasteiger partial charge on any atom is 0.133 e. The van der Waals surface area contributed by atoms with E-state index in [1.54, 1.807) is 0 Å². The van der Waals surface area contributed by atoms with E-state index in [2.05, 4.69) is 60.2 Å². The second-order valence-corrected chi connectivity index (χ2v) is 6.80. The molecule has 1 aromatic carbocycles. The average molecular weight is 363 g/mol. The maximum absolute atomic E-state index is 6.10. The zero-order chi connectivity index (χ0) is 13.9. The van der Waals surface area contributed by atoms with Crippen LogP contribution in [0, 0.1) is 0 Å². The highest BCUT2D eigenvalue weighted by Crippen LogP contribution is 2.34. The Bertz CT molecular complexity index is 430. The monoisotopic (exact) mass is 361 g/mol. The number of piperidine rings is 1. The Morgan fingerprint density at radius 2 is 1.95 bits per heavy atom. The molecule has 2 nitrogen and oxygen atoms in total. The van der Waals surface area contributed by atoms with Crippen LogP contribution in [0.3, 0.4) is 0 Å². The van der Waals surface area contributed by atoms with Gasteiger partial charge >= 0.3 is 0 Å². The van der Waals surface area contributed by atoms with Crippen LogP contribution >= 0.6 is 28.3 Å². The molecule has 20 heavy (non-hydrogen) atoms. The van der Waals surface area contributed by atoms with Crippen molar-refractivity contribution < 1.29 is 4.74 Å². The first-order valence-corrected chi connectivity index (χ1v) is 7.99. The topological polar surface area (TPSA) is 21.3 Å². The van der Waals surface area contributed by atoms with Gasteiger partial charge in [0.25, 0.3) is 0 Å². The molecule has 1 N–H and O–H groups in total. The van der Waals surface area contributed by atoms with Crippen LogP contribution in [-0.4, -0.2) is 19.2 Å². The highest BCUT2D eigenvalue weighted by Gasteiger charge is 2.20. The summed E-state index contributed by atoms with van der Waals surface area (Å²) in [4.78, 5) is 0. The number of hydrogen-bond acceptors (Lipinski definition) is 2. The summed E-state index contributed by atoms with van der Waals surface area (Å²) in [7, 11) is 0. The van der Waals surface area contributed by atoms with Crippen LogP contribution in [-0.2, 0) is 5.41 Å². The van der Waals surface area contributed by atoms with E-state index in [1.165, 1.54) is 5.56 Å². The third kappa shape index (κ3) is 4.37. The Morgan fingerprint density at radius 1 is 1.30 bits per heavy atom. The van der Waals surface area contributed by atoms with E-state index in [1.807, 2.05) is 0 Å². The fraction of sp³-hybridized carbons (Fsp3) is 0.625. The van der Waals surface area contributed by atoms with Gasteiger partial charge in [0, 0.05) is 0 Å². The highest BCUT2D eigenvalue weighted by atomic mass is 79.9. The van der Waals surface area contributed by atoms with E-state index in [0.717, 1.165) is 42.6 Å². The minimum atomic E-state index is 0. The Hall–Kier alpha value is -0.250. The van der Waals surface area contributed by atoms with Crippen LogP contribution in [0.15, 0.2) is 22.7 Å². The fourth-order valence-corrected chi connectivity index (χ4v) is 2.79. The molecular weight excluding hydrogens is 338 g/mol. The third-order valence-corrected chi connectivity index (χ3v) is 4.80. The zero-order valence-corrected chi connectivity index (χ0v) is 14.9. The molecule has 1 saturated heterocycles. The largest absolute Gasteiger partial charge is 0.489 e. The van der Waals surface area contributed by atoms with Gasteiger partial charge in [-0.1, -0.05) is 26.8 Å². The summed E-state index contributed by atoms with van der Waals surface area (Å²) in [6, 6.07) is 6.52. The van der Waals surface area contributed by atoms with Crippen molar-refractivity contribution in [2.45, 2.75) is 51.6 Å². The van der Waals surface area contributed by atoms with Gasteiger partial charge in [-0.05, 0) is 71.4 Å². The van der Waals surface area contributed by atoms with Crippen LogP contribution in [0.4, 0.5) is 0 Å². The molecule has 0 spiro atoms. The Balaban J connectivity index is 0.00000200. The number of rotatable bonds is 4. The second-order valence-electron chi connectivity index (χ2n) is 5.95. The minimum Gasteiger partial charge on any atom is -0.489 e. The van der Waals surface area contributed by atoms with Gasteiger partial charge in [-0.25, -0.2) is 0 Å². The molecule has 0 bridgehead atoms. The van der Waals surface area contributed by atoms with Crippen molar-refractivity contribution in [2.24, 2.45) is 0 Å². The van der Waals surface area contributed by atoms with Crippen LogP contribution in [0.25, 0.3) is 0 Å². The lowest BCUT2D eigenvalue weighted by Gasteiger charge is -2.26. The van der Waals surface area contributed by atoms with Gasteiger partial charge in [0.05, 0.1) is 4.47 Å². The second kappa shape index (κ2) is 7.67. The molecule has 1 aliphatic heterocycles. The Labute approximate surface area is 137 Å². The van der Waals surface area contributed by atoms with Gasteiger partial charge in [-0.2, -0.15) is 0 Å². The van der Waals surface area contributed by atoms with Crippen molar-refractivity contribution in [3.05, 3.63) is 28.2 Å². The van der Waals surface area contributed by atoms with Crippen molar-refractivity contribution in [1.82, 2.24) is 5.32 Å². The lowest BCUT2D eigenvalue weighted by Crippen LogP contribution is -2.34. The van der Waals surface area contributed by atoms with Gasteiger partial charge in [0.15, 0.2) is 0 Å². The predicted octanol–water partition coefficient (Wildman–Crippen LogP) is 4.69. The average Bonchev–Trinajstić information content (AvgIpc) is 2.42. The van der Waals surface area contributed by atoms with Crippen LogP contribution in [0.1, 0.15) is 45.6 Å². The first-order chi connectivity index (χ1) is 9.03. The normalized spacial score (nSPS) is 16.6. The summed E-state index contributed by atoms with van der Waals surface area (Å²) >= 11 is 3.65. The summed E-state index contributed by atoms with van der Waals surface area (Å²) in [5.41, 5.74) is 1.58. The molecular formula is C16H25BrClNO. The van der Waals surface area contributed by atoms with Crippen molar-refractivity contribution in [1.29, 1.82) is 0 Å². The van der Waals surface area contributed by atoms with Crippen LogP contribution in [0.5, 0.6) is 5.75 Å². The van der Waals surface area contributed by atoms with Gasteiger partial charge in [-0.3, -0.25) is 0 Å². The number of ether oxygens (including phenoxy) is 1. The molecule has 2 rings (SSSR count). The molecule has 1 aromatic rings. The number of halogens is 2. The van der Waals surface area contributed by atoms with Gasteiger partial charge in [0.1, 0.15) is 11.9 Å². The summed E-state index contributed by atoms with van der Waals surface area (Å²) in [6.45, 7) is 8.91. The molecule has 0 aromatic heterocycles. The van der Waals surface area contributed by atoms with Gasteiger partial charge in [0.2, 0.25) is 0 Å². The molecule has 114 valence electrons. The van der Waals surface area contributed by atoms with E-state index in [9.17, 15) is 0 Å². The third-order valence-electron chi connectivity index (χ3n) is 4.18. The molecule has 0 atom stereocenters. The van der Waals surface area contributed by atoms with Gasteiger partial charge in [-0.15, -0.1) is 12.4 Å². The lowest BCUT2D eigenvalue weighted by molar-refractivity contribution is 0.161. The SMILES string of the molecule is CCC(C)(C)c1ccc(OC2CCNCC2)c(Br)c1.Cl. The van der Waals surface area contributed by atoms with Gasteiger partial charge < -0.3 is 10.1 Å². The smallest absolute Gasteiger partial charge is 0.133 e.